The molecular weight excluding hydrogens is 124 g/mol. The van der Waals surface area contributed by atoms with Crippen LogP contribution in [-0.4, -0.2) is 9.97 Å². The van der Waals surface area contributed by atoms with E-state index in [0.29, 0.717) is 0 Å². The number of nitrogens with zero attached hydrogens (tertiary/aromatic N) is 1. The van der Waals surface area contributed by atoms with Gasteiger partial charge < -0.3 is 4.98 Å². The molecule has 1 aromatic rings. The molecule has 54 valence electrons. The second-order valence-corrected chi connectivity index (χ2v) is 2.91. The summed E-state index contributed by atoms with van der Waals surface area (Å²) in [5.41, 5.74) is 1.34. The standard InChI is InChI=1S/C8H12N2/c1-2-8-9-5-7(10-8)6-3-4-6/h5-6H,2-4H2,1H3,(H,9,10). The van der Waals surface area contributed by atoms with Crippen molar-refractivity contribution in [1.82, 2.24) is 9.97 Å². The van der Waals surface area contributed by atoms with Crippen LogP contribution in [0.2, 0.25) is 0 Å². The van der Waals surface area contributed by atoms with Gasteiger partial charge in [0.25, 0.3) is 0 Å². The number of aromatic nitrogens is 2. The Hall–Kier alpha value is -0.790. The molecule has 10 heavy (non-hydrogen) atoms. The number of aromatic amines is 1. The van der Waals surface area contributed by atoms with Gasteiger partial charge in [-0.15, -0.1) is 0 Å². The van der Waals surface area contributed by atoms with E-state index in [1.54, 1.807) is 0 Å². The van der Waals surface area contributed by atoms with Gasteiger partial charge in [0.15, 0.2) is 0 Å². The Kier molecular flexibility index (Phi) is 1.26. The number of aryl methyl sites for hydroxylation is 1. The van der Waals surface area contributed by atoms with Gasteiger partial charge in [-0.2, -0.15) is 0 Å². The second-order valence-electron chi connectivity index (χ2n) is 2.91. The minimum atomic E-state index is 0.813. The molecule has 1 N–H and O–H groups in total. The fourth-order valence-electron chi connectivity index (χ4n) is 1.16. The molecule has 0 aliphatic heterocycles. The van der Waals surface area contributed by atoms with E-state index in [0.717, 1.165) is 18.2 Å². The van der Waals surface area contributed by atoms with Crippen molar-refractivity contribution in [3.05, 3.63) is 17.7 Å². The maximum atomic E-state index is 4.24. The largest absolute Gasteiger partial charge is 0.346 e. The van der Waals surface area contributed by atoms with Crippen LogP contribution >= 0.6 is 0 Å². The van der Waals surface area contributed by atoms with Gasteiger partial charge in [0, 0.05) is 24.2 Å². The maximum Gasteiger partial charge on any atom is 0.105 e. The molecule has 1 aromatic heterocycles. The average Bonchev–Trinajstić information content (AvgIpc) is 2.70. The van der Waals surface area contributed by atoms with E-state index in [1.807, 2.05) is 6.20 Å². The summed E-state index contributed by atoms with van der Waals surface area (Å²) in [6, 6.07) is 0. The van der Waals surface area contributed by atoms with Gasteiger partial charge in [0.2, 0.25) is 0 Å². The Balaban J connectivity index is 2.19. The minimum Gasteiger partial charge on any atom is -0.346 e. The number of hydrogen-bond acceptors (Lipinski definition) is 1. The topological polar surface area (TPSA) is 28.7 Å². The van der Waals surface area contributed by atoms with E-state index < -0.39 is 0 Å². The van der Waals surface area contributed by atoms with E-state index >= 15 is 0 Å². The summed E-state index contributed by atoms with van der Waals surface area (Å²) >= 11 is 0. The Labute approximate surface area is 60.7 Å². The molecule has 0 atom stereocenters. The third-order valence-corrected chi connectivity index (χ3v) is 2.00. The first kappa shape index (κ1) is 5.96. The number of nitrogens with one attached hydrogen (secondary N) is 1. The molecule has 1 heterocycles. The molecule has 1 fully saturated rings. The number of H-pyrrole nitrogens is 1. The zero-order chi connectivity index (χ0) is 6.97. The highest BCUT2D eigenvalue weighted by Gasteiger charge is 2.24. The molecule has 1 aliphatic rings. The highest BCUT2D eigenvalue weighted by Crippen LogP contribution is 2.38. The van der Waals surface area contributed by atoms with Crippen molar-refractivity contribution in [2.75, 3.05) is 0 Å². The zero-order valence-corrected chi connectivity index (χ0v) is 6.22. The molecule has 2 nitrogen and oxygen atoms in total. The van der Waals surface area contributed by atoms with Gasteiger partial charge >= 0.3 is 0 Å². The molecule has 2 rings (SSSR count). The van der Waals surface area contributed by atoms with Gasteiger partial charge in [-0.05, 0) is 12.8 Å². The first-order valence-electron chi connectivity index (χ1n) is 3.94. The Morgan fingerprint density at radius 3 is 3.00 bits per heavy atom. The molecule has 0 amide bonds. The van der Waals surface area contributed by atoms with Crippen LogP contribution in [-0.2, 0) is 6.42 Å². The van der Waals surface area contributed by atoms with Crippen LogP contribution in [0.4, 0.5) is 0 Å². The maximum absolute atomic E-state index is 4.24. The summed E-state index contributed by atoms with van der Waals surface area (Å²) < 4.78 is 0. The van der Waals surface area contributed by atoms with Gasteiger partial charge in [-0.3, -0.25) is 0 Å². The Morgan fingerprint density at radius 1 is 1.70 bits per heavy atom. The van der Waals surface area contributed by atoms with Crippen LogP contribution in [0.15, 0.2) is 6.20 Å². The summed E-state index contributed by atoms with van der Waals surface area (Å²) in [5.74, 6) is 1.94. The molecule has 0 radical (unpaired) electrons. The van der Waals surface area contributed by atoms with Crippen molar-refractivity contribution in [2.24, 2.45) is 0 Å². The predicted octanol–water partition coefficient (Wildman–Crippen LogP) is 1.85. The predicted molar refractivity (Wildman–Crippen MR) is 39.9 cm³/mol. The van der Waals surface area contributed by atoms with E-state index in [1.165, 1.54) is 18.5 Å². The normalized spacial score (nSPS) is 17.7. The lowest BCUT2D eigenvalue weighted by Gasteiger charge is -1.87. The van der Waals surface area contributed by atoms with Gasteiger partial charge in [-0.25, -0.2) is 4.98 Å². The Morgan fingerprint density at radius 2 is 2.50 bits per heavy atom. The van der Waals surface area contributed by atoms with Crippen molar-refractivity contribution in [2.45, 2.75) is 32.1 Å². The van der Waals surface area contributed by atoms with E-state index in [2.05, 4.69) is 16.9 Å². The lowest BCUT2D eigenvalue weighted by molar-refractivity contribution is 0.958. The fourth-order valence-corrected chi connectivity index (χ4v) is 1.16. The van der Waals surface area contributed by atoms with Crippen LogP contribution in [0.1, 0.15) is 37.2 Å². The van der Waals surface area contributed by atoms with Crippen LogP contribution in [0, 0.1) is 0 Å². The summed E-state index contributed by atoms with van der Waals surface area (Å²) in [5, 5.41) is 0. The zero-order valence-electron chi connectivity index (χ0n) is 6.22. The van der Waals surface area contributed by atoms with Crippen LogP contribution in [0.3, 0.4) is 0 Å². The smallest absolute Gasteiger partial charge is 0.105 e. The quantitative estimate of drug-likeness (QED) is 0.660. The van der Waals surface area contributed by atoms with E-state index in [4.69, 9.17) is 0 Å². The van der Waals surface area contributed by atoms with E-state index in [9.17, 15) is 0 Å². The van der Waals surface area contributed by atoms with Crippen molar-refractivity contribution >= 4 is 0 Å². The summed E-state index contributed by atoms with van der Waals surface area (Å²) in [4.78, 5) is 7.55. The van der Waals surface area contributed by atoms with Crippen molar-refractivity contribution in [1.29, 1.82) is 0 Å². The molecule has 1 saturated carbocycles. The third-order valence-electron chi connectivity index (χ3n) is 2.00. The molecule has 2 heteroatoms. The molecule has 0 unspecified atom stereocenters. The van der Waals surface area contributed by atoms with E-state index in [-0.39, 0.29) is 0 Å². The van der Waals surface area contributed by atoms with Crippen molar-refractivity contribution < 1.29 is 0 Å². The summed E-state index contributed by atoms with van der Waals surface area (Å²) in [6.45, 7) is 2.12. The van der Waals surface area contributed by atoms with Gasteiger partial charge in [-0.1, -0.05) is 6.92 Å². The lowest BCUT2D eigenvalue weighted by Crippen LogP contribution is -1.82. The van der Waals surface area contributed by atoms with Crippen LogP contribution in [0.25, 0.3) is 0 Å². The van der Waals surface area contributed by atoms with Crippen LogP contribution < -0.4 is 0 Å². The molecule has 0 bridgehead atoms. The second kappa shape index (κ2) is 2.11. The molecular formula is C8H12N2. The SMILES string of the molecule is CCc1ncc(C2CC2)[nH]1. The van der Waals surface area contributed by atoms with Crippen molar-refractivity contribution in [3.63, 3.8) is 0 Å². The first-order chi connectivity index (χ1) is 4.90. The monoisotopic (exact) mass is 136 g/mol. The summed E-state index contributed by atoms with van der Waals surface area (Å²) in [7, 11) is 0. The third kappa shape index (κ3) is 0.939. The number of imidazole rings is 1. The first-order valence-corrected chi connectivity index (χ1v) is 3.94. The van der Waals surface area contributed by atoms with Crippen LogP contribution in [0.5, 0.6) is 0 Å². The molecule has 0 spiro atoms. The van der Waals surface area contributed by atoms with Crippen molar-refractivity contribution in [3.8, 4) is 0 Å². The highest BCUT2D eigenvalue weighted by molar-refractivity contribution is 5.12. The summed E-state index contributed by atoms with van der Waals surface area (Å²) in [6.07, 6.45) is 5.71. The number of hydrogen-bond donors (Lipinski definition) is 1. The molecule has 1 aliphatic carbocycles. The lowest BCUT2D eigenvalue weighted by atomic mass is 10.3. The van der Waals surface area contributed by atoms with Gasteiger partial charge in [0.1, 0.15) is 5.82 Å². The average molecular weight is 136 g/mol. The Bertz CT molecular complexity index is 223. The van der Waals surface area contributed by atoms with Gasteiger partial charge in [0.05, 0.1) is 0 Å². The molecule has 0 saturated heterocycles. The highest BCUT2D eigenvalue weighted by atomic mass is 14.9. The minimum absolute atomic E-state index is 0.813. The molecule has 0 aromatic carbocycles. The number of rotatable bonds is 2. The fraction of sp³-hybridized carbons (Fsp3) is 0.625.